The highest BCUT2D eigenvalue weighted by Crippen LogP contribution is 2.65. The van der Waals surface area contributed by atoms with E-state index >= 15 is 0 Å². The molecule has 3 aliphatic rings. The number of benzene rings is 8. The minimum absolute atomic E-state index is 0.0782. The van der Waals surface area contributed by atoms with Crippen molar-refractivity contribution in [2.45, 2.75) is 38.0 Å². The average molecular weight is 784 g/mol. The molecule has 2 atom stereocenters. The molecule has 0 amide bonds. The molecule has 0 saturated carbocycles. The van der Waals surface area contributed by atoms with Crippen molar-refractivity contribution in [3.05, 3.63) is 239 Å². The molecule has 1 spiro atoms. The second kappa shape index (κ2) is 13.4. The van der Waals surface area contributed by atoms with E-state index in [1.807, 2.05) is 0 Å². The third-order valence-electron chi connectivity index (χ3n) is 14.2. The molecule has 9 aromatic rings. The van der Waals surface area contributed by atoms with Crippen molar-refractivity contribution in [1.29, 1.82) is 0 Å². The summed E-state index contributed by atoms with van der Waals surface area (Å²) in [5.41, 5.74) is 20.1. The topological polar surface area (TPSA) is 16.4 Å². The zero-order chi connectivity index (χ0) is 40.9. The molecule has 61 heavy (non-hydrogen) atoms. The molecule has 0 N–H and O–H groups in total. The Kier molecular flexibility index (Phi) is 7.87. The van der Waals surface area contributed by atoms with E-state index in [-0.39, 0.29) is 11.3 Å². The maximum atomic E-state index is 6.94. The van der Waals surface area contributed by atoms with Crippen LogP contribution < -0.4 is 4.90 Å². The van der Waals surface area contributed by atoms with Crippen molar-refractivity contribution >= 4 is 33.3 Å². The summed E-state index contributed by atoms with van der Waals surface area (Å²) in [6.07, 6.45) is 8.07. The Balaban J connectivity index is 1.09. The molecule has 0 fully saturated rings. The third-order valence-corrected chi connectivity index (χ3v) is 14.2. The normalized spacial score (nSPS) is 19.5. The van der Waals surface area contributed by atoms with Crippen LogP contribution in [0, 0.1) is 5.92 Å². The van der Waals surface area contributed by atoms with Gasteiger partial charge in [0.15, 0.2) is 0 Å². The van der Waals surface area contributed by atoms with E-state index < -0.39 is 5.41 Å². The predicted molar refractivity (Wildman–Crippen MR) is 254 cm³/mol. The Hall–Kier alpha value is -7.16. The summed E-state index contributed by atoms with van der Waals surface area (Å²) in [5, 5.41) is 2.31. The van der Waals surface area contributed by atoms with Gasteiger partial charge in [0, 0.05) is 33.4 Å². The van der Waals surface area contributed by atoms with Gasteiger partial charge in [0.1, 0.15) is 11.2 Å². The van der Waals surface area contributed by atoms with Crippen molar-refractivity contribution in [1.82, 2.24) is 0 Å². The number of hydrogen-bond donors (Lipinski definition) is 0. The summed E-state index contributed by atoms with van der Waals surface area (Å²) >= 11 is 0. The first-order valence-corrected chi connectivity index (χ1v) is 21.6. The van der Waals surface area contributed by atoms with Crippen LogP contribution in [-0.4, -0.2) is 0 Å². The molecular formula is C59H45NO. The van der Waals surface area contributed by atoms with Gasteiger partial charge in [-0.1, -0.05) is 179 Å². The smallest absolute Gasteiger partial charge is 0.140 e. The predicted octanol–water partition coefficient (Wildman–Crippen LogP) is 15.3. The average Bonchev–Trinajstić information content (AvgIpc) is 3.94. The van der Waals surface area contributed by atoms with Crippen LogP contribution in [0.3, 0.4) is 0 Å². The largest absolute Gasteiger partial charge is 0.456 e. The Morgan fingerprint density at radius 2 is 1.15 bits per heavy atom. The summed E-state index contributed by atoms with van der Waals surface area (Å²) in [5.74, 6) is 0.244. The Bertz CT molecular complexity index is 3270. The molecule has 1 heterocycles. The van der Waals surface area contributed by atoms with Crippen LogP contribution in [-0.2, 0) is 17.3 Å². The van der Waals surface area contributed by atoms with E-state index in [0.29, 0.717) is 0 Å². The SMILES string of the molecule is CC1/C=C(N(c2ccc(-c3ccccc3)cc2)c2ccc3c(c2)-c2ccccc2C32c3ccccc3-c3ccc4c(oc5ccccc54)c32)\C=C/Cc2ccccc2C1(C)C. The second-order valence-corrected chi connectivity index (χ2v) is 17.6. The minimum Gasteiger partial charge on any atom is -0.456 e. The van der Waals surface area contributed by atoms with Crippen LogP contribution in [0.25, 0.3) is 55.3 Å². The van der Waals surface area contributed by atoms with Gasteiger partial charge in [0.25, 0.3) is 0 Å². The van der Waals surface area contributed by atoms with Crippen LogP contribution in [0.4, 0.5) is 11.4 Å². The van der Waals surface area contributed by atoms with E-state index in [9.17, 15) is 0 Å². The van der Waals surface area contributed by atoms with Crippen molar-refractivity contribution in [2.24, 2.45) is 5.92 Å². The van der Waals surface area contributed by atoms with Crippen molar-refractivity contribution in [2.75, 3.05) is 4.90 Å². The van der Waals surface area contributed by atoms with Crippen LogP contribution in [0.1, 0.15) is 54.2 Å². The molecule has 1 aromatic heterocycles. The van der Waals surface area contributed by atoms with Crippen molar-refractivity contribution < 1.29 is 4.42 Å². The zero-order valence-corrected chi connectivity index (χ0v) is 34.7. The summed E-state index contributed by atoms with van der Waals surface area (Å²) in [7, 11) is 0. The van der Waals surface area contributed by atoms with E-state index in [0.717, 1.165) is 39.7 Å². The molecule has 8 aromatic carbocycles. The molecule has 2 heteroatoms. The molecule has 2 unspecified atom stereocenters. The quantitative estimate of drug-likeness (QED) is 0.177. The summed E-state index contributed by atoms with van der Waals surface area (Å²) < 4.78 is 6.94. The maximum absolute atomic E-state index is 6.94. The van der Waals surface area contributed by atoms with Crippen LogP contribution in [0.5, 0.6) is 0 Å². The number of allylic oxidation sites excluding steroid dienone is 3. The van der Waals surface area contributed by atoms with Gasteiger partial charge in [-0.25, -0.2) is 0 Å². The molecule has 12 rings (SSSR count). The molecule has 3 aliphatic carbocycles. The number of para-hydroxylation sites is 1. The summed E-state index contributed by atoms with van der Waals surface area (Å²) in [6, 6.07) is 67.2. The molecule has 0 aliphatic heterocycles. The number of fused-ring (bicyclic) bond motifs is 15. The number of furan rings is 1. The van der Waals surface area contributed by atoms with Crippen LogP contribution >= 0.6 is 0 Å². The van der Waals surface area contributed by atoms with Gasteiger partial charge in [0.05, 0.1) is 5.41 Å². The van der Waals surface area contributed by atoms with Crippen molar-refractivity contribution in [3.8, 4) is 33.4 Å². The number of nitrogens with zero attached hydrogens (tertiary/aromatic N) is 1. The molecule has 0 bridgehead atoms. The Morgan fingerprint density at radius 3 is 1.93 bits per heavy atom. The standard InChI is InChI=1S/C59H45NO/c1-38-36-43(20-15-19-41-18-7-11-24-51(41)58(38,2)3)60(42-30-28-40(29-31-42)39-16-5-4-6-17-39)44-32-35-54-50(37-44)46-22-9-13-26-53(46)59(54)52-25-12-8-21-45(52)48-33-34-49-47-23-10-14-27-55(47)61-57(49)56(48)59/h4-18,20-38H,19H2,1-3H3/b20-15-,43-36+. The van der Waals surface area contributed by atoms with Gasteiger partial charge in [-0.2, -0.15) is 0 Å². The second-order valence-electron chi connectivity index (χ2n) is 17.6. The molecule has 2 nitrogen and oxygen atoms in total. The van der Waals surface area contributed by atoms with Crippen molar-refractivity contribution in [3.63, 3.8) is 0 Å². The van der Waals surface area contributed by atoms with Gasteiger partial charge < -0.3 is 9.32 Å². The lowest BCUT2D eigenvalue weighted by atomic mass is 9.70. The minimum atomic E-state index is -0.548. The van der Waals surface area contributed by atoms with E-state index in [4.69, 9.17) is 4.42 Å². The Labute approximate surface area is 357 Å². The third kappa shape index (κ3) is 5.15. The first kappa shape index (κ1) is 35.8. The van der Waals surface area contributed by atoms with E-state index in [1.165, 1.54) is 72.5 Å². The lowest BCUT2D eigenvalue weighted by molar-refractivity contribution is 0.405. The van der Waals surface area contributed by atoms with Crippen LogP contribution in [0.15, 0.2) is 210 Å². The summed E-state index contributed by atoms with van der Waals surface area (Å²) in [4.78, 5) is 2.48. The fourth-order valence-electron chi connectivity index (χ4n) is 11.0. The zero-order valence-electron chi connectivity index (χ0n) is 34.7. The molecular weight excluding hydrogens is 739 g/mol. The lowest BCUT2D eigenvalue weighted by Gasteiger charge is -2.34. The molecule has 0 radical (unpaired) electrons. The van der Waals surface area contributed by atoms with Gasteiger partial charge in [-0.3, -0.25) is 0 Å². The highest BCUT2D eigenvalue weighted by Gasteiger charge is 2.53. The number of anilines is 2. The fraction of sp³-hybridized carbons (Fsp3) is 0.119. The van der Waals surface area contributed by atoms with E-state index in [2.05, 4.69) is 226 Å². The van der Waals surface area contributed by atoms with Gasteiger partial charge in [0.2, 0.25) is 0 Å². The number of rotatable bonds is 4. The van der Waals surface area contributed by atoms with Gasteiger partial charge in [-0.15, -0.1) is 0 Å². The Morgan fingerprint density at radius 1 is 0.525 bits per heavy atom. The highest BCUT2D eigenvalue weighted by molar-refractivity contribution is 6.11. The maximum Gasteiger partial charge on any atom is 0.140 e. The molecule has 0 saturated heterocycles. The molecule has 292 valence electrons. The fourth-order valence-corrected chi connectivity index (χ4v) is 11.0. The van der Waals surface area contributed by atoms with Crippen LogP contribution in [0.2, 0.25) is 0 Å². The highest BCUT2D eigenvalue weighted by atomic mass is 16.3. The first-order valence-electron chi connectivity index (χ1n) is 21.6. The summed E-state index contributed by atoms with van der Waals surface area (Å²) in [6.45, 7) is 7.18. The van der Waals surface area contributed by atoms with Gasteiger partial charge in [-0.05, 0) is 121 Å². The first-order chi connectivity index (χ1) is 29.9. The number of hydrogen-bond acceptors (Lipinski definition) is 2. The monoisotopic (exact) mass is 783 g/mol. The van der Waals surface area contributed by atoms with E-state index in [1.54, 1.807) is 0 Å². The lowest BCUT2D eigenvalue weighted by Crippen LogP contribution is -2.28. The van der Waals surface area contributed by atoms with Gasteiger partial charge >= 0.3 is 0 Å².